The van der Waals surface area contributed by atoms with Crippen molar-refractivity contribution in [3.05, 3.63) is 59.7 Å². The van der Waals surface area contributed by atoms with Gasteiger partial charge in [0.15, 0.2) is 0 Å². The fourth-order valence-corrected chi connectivity index (χ4v) is 3.46. The first-order valence-electron chi connectivity index (χ1n) is 9.66. The van der Waals surface area contributed by atoms with Gasteiger partial charge in [0.05, 0.1) is 6.54 Å². The molecule has 2 N–H and O–H groups in total. The lowest BCUT2D eigenvalue weighted by molar-refractivity contribution is -0.117. The van der Waals surface area contributed by atoms with Crippen molar-refractivity contribution in [3.63, 3.8) is 0 Å². The first-order valence-corrected chi connectivity index (χ1v) is 9.66. The molecule has 2 aromatic rings. The van der Waals surface area contributed by atoms with E-state index < -0.39 is 0 Å². The number of benzene rings is 2. The van der Waals surface area contributed by atoms with Gasteiger partial charge in [-0.25, -0.2) is 0 Å². The van der Waals surface area contributed by atoms with E-state index in [1.54, 1.807) is 12.1 Å². The third kappa shape index (κ3) is 6.18. The summed E-state index contributed by atoms with van der Waals surface area (Å²) in [5, 5.41) is 5.64. The number of nitrogens with one attached hydrogen (secondary N) is 2. The maximum Gasteiger partial charge on any atom is 0.238 e. The summed E-state index contributed by atoms with van der Waals surface area (Å²) >= 11 is 0. The number of amides is 2. The highest BCUT2D eigenvalue weighted by Gasteiger charge is 2.19. The molecule has 3 rings (SSSR count). The summed E-state index contributed by atoms with van der Waals surface area (Å²) in [6.45, 7) is 8.59. The van der Waals surface area contributed by atoms with E-state index in [2.05, 4.69) is 51.6 Å². The lowest BCUT2D eigenvalue weighted by Gasteiger charge is -2.34. The molecule has 6 nitrogen and oxygen atoms in total. The van der Waals surface area contributed by atoms with E-state index in [0.717, 1.165) is 32.7 Å². The Hall–Kier alpha value is -2.70. The van der Waals surface area contributed by atoms with Gasteiger partial charge in [-0.15, -0.1) is 0 Å². The molecule has 1 aliphatic rings. The highest BCUT2D eigenvalue weighted by molar-refractivity contribution is 5.94. The Kier molecular flexibility index (Phi) is 6.79. The van der Waals surface area contributed by atoms with E-state index in [0.29, 0.717) is 17.9 Å². The molecule has 2 aromatic carbocycles. The SMILES string of the molecule is CC(=O)Nc1cccc(NC(=O)CN2CCN(Cc3cccc(C)c3)CC2)c1. The van der Waals surface area contributed by atoms with Crippen molar-refractivity contribution in [2.75, 3.05) is 43.4 Å². The van der Waals surface area contributed by atoms with Crippen LogP contribution in [0.2, 0.25) is 0 Å². The second kappa shape index (κ2) is 9.48. The van der Waals surface area contributed by atoms with Crippen LogP contribution in [0.3, 0.4) is 0 Å². The Labute approximate surface area is 166 Å². The zero-order valence-electron chi connectivity index (χ0n) is 16.6. The smallest absolute Gasteiger partial charge is 0.238 e. The van der Waals surface area contributed by atoms with E-state index >= 15 is 0 Å². The summed E-state index contributed by atoms with van der Waals surface area (Å²) in [5.74, 6) is -0.167. The number of anilines is 2. The van der Waals surface area contributed by atoms with Crippen LogP contribution in [0.25, 0.3) is 0 Å². The Morgan fingerprint density at radius 2 is 1.54 bits per heavy atom. The average molecular weight is 380 g/mol. The Balaban J connectivity index is 1.44. The van der Waals surface area contributed by atoms with Gasteiger partial charge in [0.1, 0.15) is 0 Å². The largest absolute Gasteiger partial charge is 0.326 e. The summed E-state index contributed by atoms with van der Waals surface area (Å²) in [7, 11) is 0. The molecule has 1 heterocycles. The van der Waals surface area contributed by atoms with Crippen LogP contribution in [0.4, 0.5) is 11.4 Å². The van der Waals surface area contributed by atoms with Gasteiger partial charge < -0.3 is 10.6 Å². The van der Waals surface area contributed by atoms with Gasteiger partial charge in [0.2, 0.25) is 11.8 Å². The van der Waals surface area contributed by atoms with Crippen molar-refractivity contribution in [1.82, 2.24) is 9.80 Å². The number of carbonyl (C=O) groups is 2. The molecule has 1 fully saturated rings. The molecule has 0 aliphatic carbocycles. The van der Waals surface area contributed by atoms with Gasteiger partial charge >= 0.3 is 0 Å². The summed E-state index contributed by atoms with van der Waals surface area (Å²) in [6.07, 6.45) is 0. The van der Waals surface area contributed by atoms with Gasteiger partial charge in [-0.2, -0.15) is 0 Å². The van der Waals surface area contributed by atoms with Crippen molar-refractivity contribution in [3.8, 4) is 0 Å². The quantitative estimate of drug-likeness (QED) is 0.809. The molecule has 0 bridgehead atoms. The van der Waals surface area contributed by atoms with Crippen LogP contribution in [0, 0.1) is 6.92 Å². The molecule has 148 valence electrons. The van der Waals surface area contributed by atoms with Crippen LogP contribution >= 0.6 is 0 Å². The third-order valence-corrected chi connectivity index (χ3v) is 4.79. The monoisotopic (exact) mass is 380 g/mol. The molecular formula is C22H28N4O2. The first-order chi connectivity index (χ1) is 13.5. The molecule has 0 unspecified atom stereocenters. The number of hydrogen-bond donors (Lipinski definition) is 2. The first kappa shape index (κ1) is 20.0. The summed E-state index contributed by atoms with van der Waals surface area (Å²) in [5.41, 5.74) is 3.99. The van der Waals surface area contributed by atoms with Crippen LogP contribution in [0.15, 0.2) is 48.5 Å². The minimum Gasteiger partial charge on any atom is -0.326 e. The van der Waals surface area contributed by atoms with Gasteiger partial charge in [0.25, 0.3) is 0 Å². The summed E-state index contributed by atoms with van der Waals surface area (Å²) < 4.78 is 0. The number of aryl methyl sites for hydroxylation is 1. The number of carbonyl (C=O) groups excluding carboxylic acids is 2. The standard InChI is InChI=1S/C22H28N4O2/c1-17-5-3-6-19(13-17)15-25-9-11-26(12-10-25)16-22(28)24-21-8-4-7-20(14-21)23-18(2)27/h3-8,13-14H,9-12,15-16H2,1-2H3,(H,23,27)(H,24,28). The van der Waals surface area contributed by atoms with Gasteiger partial charge in [-0.05, 0) is 30.7 Å². The van der Waals surface area contributed by atoms with Gasteiger partial charge in [-0.1, -0.05) is 35.9 Å². The zero-order valence-corrected chi connectivity index (χ0v) is 16.6. The molecule has 28 heavy (non-hydrogen) atoms. The number of rotatable bonds is 6. The van der Waals surface area contributed by atoms with Crippen molar-refractivity contribution in [2.45, 2.75) is 20.4 Å². The lowest BCUT2D eigenvalue weighted by Crippen LogP contribution is -2.48. The Morgan fingerprint density at radius 1 is 0.893 bits per heavy atom. The van der Waals surface area contributed by atoms with E-state index in [4.69, 9.17) is 0 Å². The molecule has 0 radical (unpaired) electrons. The fraction of sp³-hybridized carbons (Fsp3) is 0.364. The second-order valence-corrected chi connectivity index (χ2v) is 7.35. The highest BCUT2D eigenvalue weighted by atomic mass is 16.2. The van der Waals surface area contributed by atoms with Crippen LogP contribution < -0.4 is 10.6 Å². The maximum absolute atomic E-state index is 12.4. The van der Waals surface area contributed by atoms with Crippen molar-refractivity contribution in [2.24, 2.45) is 0 Å². The zero-order chi connectivity index (χ0) is 19.9. The topological polar surface area (TPSA) is 64.7 Å². The van der Waals surface area contributed by atoms with E-state index in [1.807, 2.05) is 12.1 Å². The van der Waals surface area contributed by atoms with Gasteiger partial charge in [0, 0.05) is 51.0 Å². The van der Waals surface area contributed by atoms with Crippen LogP contribution in [-0.2, 0) is 16.1 Å². The predicted molar refractivity (Wildman–Crippen MR) is 112 cm³/mol. The molecule has 1 aliphatic heterocycles. The predicted octanol–water partition coefficient (Wildman–Crippen LogP) is 2.71. The highest BCUT2D eigenvalue weighted by Crippen LogP contribution is 2.15. The van der Waals surface area contributed by atoms with E-state index in [-0.39, 0.29) is 11.8 Å². The maximum atomic E-state index is 12.4. The van der Waals surface area contributed by atoms with Crippen molar-refractivity contribution >= 4 is 23.2 Å². The molecule has 0 aromatic heterocycles. The fourth-order valence-electron chi connectivity index (χ4n) is 3.46. The van der Waals surface area contributed by atoms with Crippen LogP contribution in [0.5, 0.6) is 0 Å². The lowest BCUT2D eigenvalue weighted by atomic mass is 10.1. The molecule has 6 heteroatoms. The van der Waals surface area contributed by atoms with Crippen molar-refractivity contribution < 1.29 is 9.59 Å². The van der Waals surface area contributed by atoms with Crippen molar-refractivity contribution in [1.29, 1.82) is 0 Å². The minimum absolute atomic E-state index is 0.0351. The molecule has 0 atom stereocenters. The number of piperazine rings is 1. The van der Waals surface area contributed by atoms with Crippen LogP contribution in [0.1, 0.15) is 18.1 Å². The molecule has 2 amide bonds. The Bertz CT molecular complexity index is 829. The minimum atomic E-state index is -0.132. The van der Waals surface area contributed by atoms with E-state index in [1.165, 1.54) is 18.1 Å². The average Bonchev–Trinajstić information content (AvgIpc) is 2.63. The molecule has 0 spiro atoms. The van der Waals surface area contributed by atoms with Crippen LogP contribution in [-0.4, -0.2) is 54.3 Å². The second-order valence-electron chi connectivity index (χ2n) is 7.35. The Morgan fingerprint density at radius 3 is 2.21 bits per heavy atom. The number of nitrogens with zero attached hydrogens (tertiary/aromatic N) is 2. The molecule has 0 saturated carbocycles. The van der Waals surface area contributed by atoms with E-state index in [9.17, 15) is 9.59 Å². The molecule has 1 saturated heterocycles. The van der Waals surface area contributed by atoms with Gasteiger partial charge in [-0.3, -0.25) is 19.4 Å². The normalized spacial score (nSPS) is 15.2. The summed E-state index contributed by atoms with van der Waals surface area (Å²) in [4.78, 5) is 28.1. The third-order valence-electron chi connectivity index (χ3n) is 4.79. The summed E-state index contributed by atoms with van der Waals surface area (Å²) in [6, 6.07) is 15.8. The number of hydrogen-bond acceptors (Lipinski definition) is 4. The molecular weight excluding hydrogens is 352 g/mol.